The fourth-order valence-electron chi connectivity index (χ4n) is 3.66. The molecule has 5 heteroatoms. The molecule has 0 fully saturated rings. The van der Waals surface area contributed by atoms with Crippen LogP contribution in [0.4, 0.5) is 0 Å². The summed E-state index contributed by atoms with van der Waals surface area (Å²) in [6.45, 7) is 5.94. The second kappa shape index (κ2) is 7.95. The number of benzene rings is 2. The summed E-state index contributed by atoms with van der Waals surface area (Å²) in [5, 5.41) is 7.66. The van der Waals surface area contributed by atoms with Crippen molar-refractivity contribution in [1.29, 1.82) is 0 Å². The Balaban J connectivity index is 1.64. The molecule has 0 aliphatic carbocycles. The first-order valence-electron chi connectivity index (χ1n) is 9.90. The van der Waals surface area contributed by atoms with E-state index in [1.54, 1.807) is 16.9 Å². The van der Waals surface area contributed by atoms with Gasteiger partial charge in [0.2, 0.25) is 0 Å². The molecule has 4 rings (SSSR count). The lowest BCUT2D eigenvalue weighted by atomic mass is 9.84. The quantitative estimate of drug-likeness (QED) is 0.537. The predicted molar refractivity (Wildman–Crippen MR) is 118 cm³/mol. The molecule has 2 aromatic carbocycles. The van der Waals surface area contributed by atoms with Crippen molar-refractivity contribution in [2.24, 2.45) is 0 Å². The number of hydrogen-bond acceptors (Lipinski definition) is 3. The number of carbonyl (C=O) groups excluding carboxylic acids is 1. The first kappa shape index (κ1) is 19.6. The summed E-state index contributed by atoms with van der Waals surface area (Å²) >= 11 is 0. The van der Waals surface area contributed by atoms with Crippen LogP contribution in [0.5, 0.6) is 0 Å². The molecule has 2 heterocycles. The molecule has 0 radical (unpaired) electrons. The van der Waals surface area contributed by atoms with E-state index in [0.29, 0.717) is 11.4 Å². The number of nitrogens with zero attached hydrogens (tertiary/aromatic N) is 3. The SMILES string of the molecule is Cc1cc(C)n(-c2ccc(C(=O)NC(C)(c3ccccc3)c3ccccc3)cn2)n1. The Labute approximate surface area is 176 Å². The maximum absolute atomic E-state index is 13.2. The van der Waals surface area contributed by atoms with Gasteiger partial charge in [0.1, 0.15) is 0 Å². The number of pyridine rings is 1. The summed E-state index contributed by atoms with van der Waals surface area (Å²) in [4.78, 5) is 17.6. The van der Waals surface area contributed by atoms with E-state index in [2.05, 4.69) is 15.4 Å². The van der Waals surface area contributed by atoms with Crippen LogP contribution in [0.3, 0.4) is 0 Å². The van der Waals surface area contributed by atoms with Gasteiger partial charge in [-0.3, -0.25) is 4.79 Å². The van der Waals surface area contributed by atoms with Crippen LogP contribution in [-0.4, -0.2) is 20.7 Å². The lowest BCUT2D eigenvalue weighted by molar-refractivity contribution is 0.0918. The third-order valence-electron chi connectivity index (χ3n) is 5.30. The van der Waals surface area contributed by atoms with Crippen molar-refractivity contribution in [3.8, 4) is 5.82 Å². The summed E-state index contributed by atoms with van der Waals surface area (Å²) in [6.07, 6.45) is 1.59. The highest BCUT2D eigenvalue weighted by molar-refractivity contribution is 5.94. The van der Waals surface area contributed by atoms with Gasteiger partial charge in [-0.25, -0.2) is 9.67 Å². The minimum atomic E-state index is -0.673. The van der Waals surface area contributed by atoms with Crippen molar-refractivity contribution in [2.75, 3.05) is 0 Å². The van der Waals surface area contributed by atoms with Gasteiger partial charge in [0.25, 0.3) is 5.91 Å². The molecular weight excluding hydrogens is 372 g/mol. The van der Waals surface area contributed by atoms with Gasteiger partial charge in [-0.2, -0.15) is 5.10 Å². The Morgan fingerprint density at radius 1 is 0.900 bits per heavy atom. The lowest BCUT2D eigenvalue weighted by Gasteiger charge is -2.32. The average Bonchev–Trinajstić information content (AvgIpc) is 3.13. The van der Waals surface area contributed by atoms with E-state index in [0.717, 1.165) is 22.5 Å². The molecule has 1 amide bonds. The molecule has 0 saturated heterocycles. The number of aromatic nitrogens is 3. The minimum absolute atomic E-state index is 0.183. The predicted octanol–water partition coefficient (Wildman–Crippen LogP) is 4.58. The van der Waals surface area contributed by atoms with Crippen molar-refractivity contribution < 1.29 is 4.79 Å². The van der Waals surface area contributed by atoms with E-state index < -0.39 is 5.54 Å². The second-order valence-corrected chi connectivity index (χ2v) is 7.56. The van der Waals surface area contributed by atoms with Gasteiger partial charge in [-0.15, -0.1) is 0 Å². The summed E-state index contributed by atoms with van der Waals surface area (Å²) in [6, 6.07) is 25.6. The normalized spacial score (nSPS) is 11.3. The zero-order chi connectivity index (χ0) is 21.1. The third kappa shape index (κ3) is 3.74. The Kier molecular flexibility index (Phi) is 5.19. The van der Waals surface area contributed by atoms with Gasteiger partial charge in [0.05, 0.1) is 16.8 Å². The molecule has 0 aliphatic rings. The van der Waals surface area contributed by atoms with E-state index in [1.165, 1.54) is 0 Å². The maximum atomic E-state index is 13.2. The maximum Gasteiger partial charge on any atom is 0.253 e. The van der Waals surface area contributed by atoms with Crippen molar-refractivity contribution in [1.82, 2.24) is 20.1 Å². The van der Waals surface area contributed by atoms with Crippen LogP contribution >= 0.6 is 0 Å². The molecule has 4 aromatic rings. The molecule has 2 aromatic heterocycles. The molecule has 0 unspecified atom stereocenters. The monoisotopic (exact) mass is 396 g/mol. The summed E-state index contributed by atoms with van der Waals surface area (Å²) in [5.41, 5.74) is 3.77. The molecule has 0 bridgehead atoms. The molecule has 0 spiro atoms. The lowest BCUT2D eigenvalue weighted by Crippen LogP contribution is -2.44. The van der Waals surface area contributed by atoms with Gasteiger partial charge >= 0.3 is 0 Å². The van der Waals surface area contributed by atoms with E-state index in [-0.39, 0.29) is 5.91 Å². The summed E-state index contributed by atoms with van der Waals surface area (Å²) in [5.74, 6) is 0.503. The summed E-state index contributed by atoms with van der Waals surface area (Å²) < 4.78 is 1.77. The molecular formula is C25H24N4O. The largest absolute Gasteiger partial charge is 0.339 e. The smallest absolute Gasteiger partial charge is 0.253 e. The van der Waals surface area contributed by atoms with Crippen LogP contribution in [0.15, 0.2) is 85.1 Å². The highest BCUT2D eigenvalue weighted by atomic mass is 16.1. The third-order valence-corrected chi connectivity index (χ3v) is 5.30. The van der Waals surface area contributed by atoms with Crippen LogP contribution in [0.25, 0.3) is 5.82 Å². The van der Waals surface area contributed by atoms with Gasteiger partial charge < -0.3 is 5.32 Å². The van der Waals surface area contributed by atoms with E-state index in [9.17, 15) is 4.79 Å². The van der Waals surface area contributed by atoms with Crippen LogP contribution < -0.4 is 5.32 Å². The van der Waals surface area contributed by atoms with Crippen molar-refractivity contribution >= 4 is 5.91 Å². The molecule has 1 N–H and O–H groups in total. The number of rotatable bonds is 5. The zero-order valence-corrected chi connectivity index (χ0v) is 17.3. The van der Waals surface area contributed by atoms with Gasteiger partial charge in [0, 0.05) is 11.9 Å². The van der Waals surface area contributed by atoms with Crippen LogP contribution in [0.2, 0.25) is 0 Å². The molecule has 0 atom stereocenters. The Morgan fingerprint density at radius 2 is 1.50 bits per heavy atom. The number of nitrogens with one attached hydrogen (secondary N) is 1. The first-order chi connectivity index (χ1) is 14.5. The van der Waals surface area contributed by atoms with Crippen molar-refractivity contribution in [2.45, 2.75) is 26.3 Å². The Hall–Kier alpha value is -3.73. The molecule has 0 aliphatic heterocycles. The molecule has 150 valence electrons. The van der Waals surface area contributed by atoms with E-state index in [1.807, 2.05) is 93.6 Å². The minimum Gasteiger partial charge on any atom is -0.339 e. The zero-order valence-electron chi connectivity index (χ0n) is 17.3. The standard InChI is InChI=1S/C25H24N4O/c1-18-16-19(2)29(28-18)23-15-14-20(17-26-23)24(30)27-25(3,21-10-6-4-7-11-21)22-12-8-5-9-13-22/h4-17H,1-3H3,(H,27,30). The van der Waals surface area contributed by atoms with Crippen LogP contribution in [0.1, 0.15) is 39.8 Å². The second-order valence-electron chi connectivity index (χ2n) is 7.56. The number of amides is 1. The van der Waals surface area contributed by atoms with Crippen LogP contribution in [0, 0.1) is 13.8 Å². The highest BCUT2D eigenvalue weighted by Crippen LogP contribution is 2.29. The number of aryl methyl sites for hydroxylation is 2. The van der Waals surface area contributed by atoms with Gasteiger partial charge in [0.15, 0.2) is 5.82 Å². The number of hydrogen-bond donors (Lipinski definition) is 1. The van der Waals surface area contributed by atoms with Gasteiger partial charge in [-0.1, -0.05) is 60.7 Å². The van der Waals surface area contributed by atoms with Crippen LogP contribution in [-0.2, 0) is 5.54 Å². The fraction of sp³-hybridized carbons (Fsp3) is 0.160. The first-order valence-corrected chi connectivity index (χ1v) is 9.90. The fourth-order valence-corrected chi connectivity index (χ4v) is 3.66. The molecule has 30 heavy (non-hydrogen) atoms. The van der Waals surface area contributed by atoms with Crippen molar-refractivity contribution in [3.05, 3.63) is 113 Å². The topological polar surface area (TPSA) is 59.8 Å². The average molecular weight is 396 g/mol. The van der Waals surface area contributed by atoms with E-state index >= 15 is 0 Å². The number of carbonyl (C=O) groups is 1. The van der Waals surface area contributed by atoms with E-state index in [4.69, 9.17) is 0 Å². The molecule has 5 nitrogen and oxygen atoms in total. The summed E-state index contributed by atoms with van der Waals surface area (Å²) in [7, 11) is 0. The Morgan fingerprint density at radius 3 is 1.97 bits per heavy atom. The molecule has 0 saturated carbocycles. The van der Waals surface area contributed by atoms with Crippen molar-refractivity contribution in [3.63, 3.8) is 0 Å². The highest BCUT2D eigenvalue weighted by Gasteiger charge is 2.31. The van der Waals surface area contributed by atoms with Gasteiger partial charge in [-0.05, 0) is 50.1 Å². The Bertz CT molecular complexity index is 1110.